The van der Waals surface area contributed by atoms with Crippen LogP contribution in [0, 0.1) is 6.92 Å². The second kappa shape index (κ2) is 7.21. The molecule has 128 valence electrons. The molecule has 1 saturated heterocycles. The molecule has 0 radical (unpaired) electrons. The summed E-state index contributed by atoms with van der Waals surface area (Å²) >= 11 is 1.54. The quantitative estimate of drug-likeness (QED) is 0.670. The highest BCUT2D eigenvalue weighted by Crippen LogP contribution is 2.21. The summed E-state index contributed by atoms with van der Waals surface area (Å²) in [5.41, 5.74) is 1.56. The summed E-state index contributed by atoms with van der Waals surface area (Å²) in [5, 5.41) is 7.94. The van der Waals surface area contributed by atoms with E-state index >= 15 is 0 Å². The molecule has 2 aromatic heterocycles. The van der Waals surface area contributed by atoms with Gasteiger partial charge in [-0.1, -0.05) is 11.8 Å². The Labute approximate surface area is 145 Å². The maximum atomic E-state index is 12.3. The Morgan fingerprint density at radius 1 is 1.42 bits per heavy atom. The highest BCUT2D eigenvalue weighted by molar-refractivity contribution is 7.98. The van der Waals surface area contributed by atoms with Crippen molar-refractivity contribution in [1.82, 2.24) is 25.1 Å². The predicted octanol–water partition coefficient (Wildman–Crippen LogP) is 1.64. The van der Waals surface area contributed by atoms with Crippen LogP contribution in [0.5, 0.6) is 0 Å². The summed E-state index contributed by atoms with van der Waals surface area (Å²) in [4.78, 5) is 23.5. The maximum Gasteiger partial charge on any atom is 0.254 e. The lowest BCUT2D eigenvalue weighted by Crippen LogP contribution is -2.48. The molecule has 1 aliphatic heterocycles. The van der Waals surface area contributed by atoms with Crippen molar-refractivity contribution in [3.05, 3.63) is 29.7 Å². The molecule has 2 aromatic rings. The Morgan fingerprint density at radius 2 is 2.25 bits per heavy atom. The number of carbonyl (C=O) groups is 1. The first-order valence-electron chi connectivity index (χ1n) is 7.99. The van der Waals surface area contributed by atoms with Gasteiger partial charge in [-0.15, -0.1) is 0 Å². The lowest BCUT2D eigenvalue weighted by Gasteiger charge is -2.34. The maximum absolute atomic E-state index is 12.3. The standard InChI is InChI=1S/C16H22N6OS/c1-11-7-14(20-16(18-11)24-3)22-6-4-5-13(10-22)19-15(23)12-8-17-21(2)9-12/h7-9,13H,4-6,10H2,1-3H3,(H,19,23). The van der Waals surface area contributed by atoms with Crippen molar-refractivity contribution < 1.29 is 4.79 Å². The van der Waals surface area contributed by atoms with Gasteiger partial charge in [-0.05, 0) is 26.0 Å². The van der Waals surface area contributed by atoms with E-state index in [1.165, 1.54) is 0 Å². The van der Waals surface area contributed by atoms with Crippen molar-refractivity contribution in [1.29, 1.82) is 0 Å². The number of aromatic nitrogens is 4. The Balaban J connectivity index is 1.68. The number of nitrogens with zero attached hydrogens (tertiary/aromatic N) is 5. The van der Waals surface area contributed by atoms with Crippen molar-refractivity contribution in [3.63, 3.8) is 0 Å². The van der Waals surface area contributed by atoms with Crippen LogP contribution in [0.1, 0.15) is 28.9 Å². The minimum atomic E-state index is -0.0707. The van der Waals surface area contributed by atoms with Crippen LogP contribution in [-0.4, -0.2) is 51.0 Å². The van der Waals surface area contributed by atoms with E-state index in [-0.39, 0.29) is 11.9 Å². The van der Waals surface area contributed by atoms with Crippen LogP contribution in [0.25, 0.3) is 0 Å². The van der Waals surface area contributed by atoms with E-state index in [9.17, 15) is 4.79 Å². The van der Waals surface area contributed by atoms with Crippen LogP contribution in [0.4, 0.5) is 5.82 Å². The van der Waals surface area contributed by atoms with Gasteiger partial charge in [0.1, 0.15) is 5.82 Å². The first-order chi connectivity index (χ1) is 11.5. The normalized spacial score (nSPS) is 17.8. The molecule has 3 rings (SSSR count). The second-order valence-electron chi connectivity index (χ2n) is 6.02. The van der Waals surface area contributed by atoms with Gasteiger partial charge < -0.3 is 10.2 Å². The highest BCUT2D eigenvalue weighted by atomic mass is 32.2. The lowest BCUT2D eigenvalue weighted by molar-refractivity contribution is 0.0933. The molecule has 1 N–H and O–H groups in total. The summed E-state index contributed by atoms with van der Waals surface area (Å²) in [6, 6.07) is 2.12. The fourth-order valence-electron chi connectivity index (χ4n) is 2.89. The van der Waals surface area contributed by atoms with Crippen LogP contribution >= 0.6 is 11.8 Å². The number of amides is 1. The first-order valence-corrected chi connectivity index (χ1v) is 9.22. The topological polar surface area (TPSA) is 75.9 Å². The Hall–Kier alpha value is -2.09. The highest BCUT2D eigenvalue weighted by Gasteiger charge is 2.23. The zero-order valence-electron chi connectivity index (χ0n) is 14.2. The second-order valence-corrected chi connectivity index (χ2v) is 6.79. The fourth-order valence-corrected chi connectivity index (χ4v) is 3.31. The molecule has 7 nitrogen and oxygen atoms in total. The van der Waals surface area contributed by atoms with E-state index in [0.717, 1.165) is 42.6 Å². The van der Waals surface area contributed by atoms with Crippen LogP contribution in [0.15, 0.2) is 23.6 Å². The van der Waals surface area contributed by atoms with Gasteiger partial charge >= 0.3 is 0 Å². The summed E-state index contributed by atoms with van der Waals surface area (Å²) in [6.07, 6.45) is 7.30. The number of hydrogen-bond acceptors (Lipinski definition) is 6. The molecule has 1 fully saturated rings. The van der Waals surface area contributed by atoms with Gasteiger partial charge in [-0.3, -0.25) is 9.48 Å². The molecule has 24 heavy (non-hydrogen) atoms. The van der Waals surface area contributed by atoms with Crippen LogP contribution in [0.3, 0.4) is 0 Å². The fraction of sp³-hybridized carbons (Fsp3) is 0.500. The Kier molecular flexibility index (Phi) is 5.03. The zero-order chi connectivity index (χ0) is 17.1. The number of thioether (sulfide) groups is 1. The third-order valence-electron chi connectivity index (χ3n) is 4.05. The summed E-state index contributed by atoms with van der Waals surface area (Å²) < 4.78 is 1.63. The molecule has 0 saturated carbocycles. The smallest absolute Gasteiger partial charge is 0.254 e. The minimum Gasteiger partial charge on any atom is -0.354 e. The molecule has 1 aliphatic rings. The van der Waals surface area contributed by atoms with E-state index in [1.54, 1.807) is 35.9 Å². The predicted molar refractivity (Wildman–Crippen MR) is 94.5 cm³/mol. The molecule has 3 heterocycles. The molecule has 1 atom stereocenters. The van der Waals surface area contributed by atoms with Gasteiger partial charge in [0.25, 0.3) is 5.91 Å². The lowest BCUT2D eigenvalue weighted by atomic mass is 10.1. The SMILES string of the molecule is CSc1nc(C)cc(N2CCCC(NC(=O)c3cnn(C)c3)C2)n1. The monoisotopic (exact) mass is 346 g/mol. The Bertz CT molecular complexity index is 731. The van der Waals surface area contributed by atoms with Gasteiger partial charge in [0, 0.05) is 44.1 Å². The number of aryl methyl sites for hydroxylation is 2. The van der Waals surface area contributed by atoms with Gasteiger partial charge in [0.2, 0.25) is 0 Å². The third-order valence-corrected chi connectivity index (χ3v) is 4.60. The molecule has 0 aliphatic carbocycles. The van der Waals surface area contributed by atoms with Crippen molar-refractivity contribution in [2.75, 3.05) is 24.2 Å². The molecule has 0 aromatic carbocycles. The van der Waals surface area contributed by atoms with Gasteiger partial charge in [-0.2, -0.15) is 5.10 Å². The zero-order valence-corrected chi connectivity index (χ0v) is 15.0. The molecule has 8 heteroatoms. The van der Waals surface area contributed by atoms with Gasteiger partial charge in [0.05, 0.1) is 11.8 Å². The first kappa shape index (κ1) is 16.8. The van der Waals surface area contributed by atoms with Gasteiger partial charge in [0.15, 0.2) is 5.16 Å². The average molecular weight is 346 g/mol. The molecule has 0 bridgehead atoms. The number of anilines is 1. The Morgan fingerprint density at radius 3 is 2.96 bits per heavy atom. The summed E-state index contributed by atoms with van der Waals surface area (Å²) in [7, 11) is 1.81. The molecule has 0 spiro atoms. The number of rotatable bonds is 4. The van der Waals surface area contributed by atoms with E-state index in [4.69, 9.17) is 0 Å². The number of carbonyl (C=O) groups excluding carboxylic acids is 1. The molecular weight excluding hydrogens is 324 g/mol. The van der Waals surface area contributed by atoms with Crippen molar-refractivity contribution in [2.45, 2.75) is 31.0 Å². The number of hydrogen-bond donors (Lipinski definition) is 1. The van der Waals surface area contributed by atoms with Crippen LogP contribution in [0.2, 0.25) is 0 Å². The van der Waals surface area contributed by atoms with Gasteiger partial charge in [-0.25, -0.2) is 9.97 Å². The van der Waals surface area contributed by atoms with Crippen molar-refractivity contribution >= 4 is 23.5 Å². The summed E-state index contributed by atoms with van der Waals surface area (Å²) in [5.74, 6) is 0.866. The van der Waals surface area contributed by atoms with E-state index < -0.39 is 0 Å². The molecule has 1 unspecified atom stereocenters. The minimum absolute atomic E-state index is 0.0707. The van der Waals surface area contributed by atoms with Crippen molar-refractivity contribution in [3.8, 4) is 0 Å². The van der Waals surface area contributed by atoms with E-state index in [2.05, 4.69) is 25.3 Å². The van der Waals surface area contributed by atoms with E-state index in [1.807, 2.05) is 19.2 Å². The summed E-state index contributed by atoms with van der Waals surface area (Å²) in [6.45, 7) is 3.69. The number of nitrogens with one attached hydrogen (secondary N) is 1. The average Bonchev–Trinajstić information content (AvgIpc) is 3.01. The van der Waals surface area contributed by atoms with Crippen molar-refractivity contribution in [2.24, 2.45) is 7.05 Å². The molecular formula is C16H22N6OS. The largest absolute Gasteiger partial charge is 0.354 e. The van der Waals surface area contributed by atoms with Crippen LogP contribution in [-0.2, 0) is 7.05 Å². The van der Waals surface area contributed by atoms with Crippen LogP contribution < -0.4 is 10.2 Å². The third kappa shape index (κ3) is 3.87. The molecule has 1 amide bonds. The van der Waals surface area contributed by atoms with E-state index in [0.29, 0.717) is 5.56 Å². The number of piperidine rings is 1.